The molecule has 0 saturated heterocycles. The van der Waals surface area contributed by atoms with E-state index in [1.54, 1.807) is 13.0 Å². The Hall–Kier alpha value is -1.13. The van der Waals surface area contributed by atoms with Crippen LogP contribution in [-0.4, -0.2) is 44.0 Å². The van der Waals surface area contributed by atoms with E-state index in [0.717, 1.165) is 4.31 Å². The molecule has 6 nitrogen and oxygen atoms in total. The zero-order valence-electron chi connectivity index (χ0n) is 10.4. The zero-order valence-corrected chi connectivity index (χ0v) is 11.2. The number of sulfonamides is 1. The highest BCUT2D eigenvalue weighted by molar-refractivity contribution is 7.90. The first-order valence-electron chi connectivity index (χ1n) is 5.53. The van der Waals surface area contributed by atoms with Crippen molar-refractivity contribution in [3.05, 3.63) is 0 Å². The van der Waals surface area contributed by atoms with Crippen LogP contribution < -0.4 is 5.32 Å². The molecule has 17 heavy (non-hydrogen) atoms. The van der Waals surface area contributed by atoms with Gasteiger partial charge in [0.2, 0.25) is 15.9 Å². The molecule has 0 aliphatic heterocycles. The Balaban J connectivity index is 5.04. The fourth-order valence-electron chi connectivity index (χ4n) is 1.33. The maximum absolute atomic E-state index is 12.1. The number of hydrogen-bond donors (Lipinski definition) is 1. The molecule has 0 aromatic heterocycles. The van der Waals surface area contributed by atoms with E-state index in [1.165, 1.54) is 7.05 Å². The fourth-order valence-corrected chi connectivity index (χ4v) is 2.98. The second kappa shape index (κ2) is 7.25. The lowest BCUT2D eigenvalue weighted by Crippen LogP contribution is -2.44. The summed E-state index contributed by atoms with van der Waals surface area (Å²) in [5, 5.41) is 10.1. The van der Waals surface area contributed by atoms with Crippen LogP contribution in [0, 0.1) is 11.3 Å². The Kier molecular flexibility index (Phi) is 6.76. The van der Waals surface area contributed by atoms with Gasteiger partial charge in [-0.05, 0) is 12.8 Å². The molecule has 0 bridgehead atoms. The third-order valence-corrected chi connectivity index (χ3v) is 4.50. The highest BCUT2D eigenvalue weighted by Crippen LogP contribution is 2.12. The van der Waals surface area contributed by atoms with Crippen LogP contribution in [-0.2, 0) is 14.8 Å². The van der Waals surface area contributed by atoms with Gasteiger partial charge in [0.25, 0.3) is 0 Å². The summed E-state index contributed by atoms with van der Waals surface area (Å²) in [5.41, 5.74) is 0. The average molecular weight is 261 g/mol. The van der Waals surface area contributed by atoms with Gasteiger partial charge in [-0.2, -0.15) is 9.57 Å². The summed E-state index contributed by atoms with van der Waals surface area (Å²) in [5.74, 6) is -0.380. The molecule has 0 aliphatic rings. The van der Waals surface area contributed by atoms with Crippen molar-refractivity contribution in [2.45, 2.75) is 31.9 Å². The maximum atomic E-state index is 12.1. The van der Waals surface area contributed by atoms with Gasteiger partial charge < -0.3 is 5.32 Å². The quantitative estimate of drug-likeness (QED) is 0.702. The van der Waals surface area contributed by atoms with Gasteiger partial charge in [-0.1, -0.05) is 13.8 Å². The van der Waals surface area contributed by atoms with Gasteiger partial charge in [0.1, 0.15) is 0 Å². The van der Waals surface area contributed by atoms with Crippen molar-refractivity contribution in [2.75, 3.05) is 20.1 Å². The molecule has 0 heterocycles. The SMILES string of the molecule is CCCN(CC(=O)NC)S(=O)(=O)C(C#N)CC. The number of amides is 1. The molecular weight excluding hydrogens is 242 g/mol. The van der Waals surface area contributed by atoms with Crippen molar-refractivity contribution in [2.24, 2.45) is 0 Å². The molecule has 98 valence electrons. The molecule has 0 radical (unpaired) electrons. The lowest BCUT2D eigenvalue weighted by molar-refractivity contribution is -0.120. The first kappa shape index (κ1) is 15.9. The number of likely N-dealkylation sites (N-methyl/N-ethyl adjacent to an activating group) is 1. The normalized spacial score (nSPS) is 13.1. The first-order valence-corrected chi connectivity index (χ1v) is 7.03. The Morgan fingerprint density at radius 3 is 2.41 bits per heavy atom. The standard InChI is InChI=1S/C10H19N3O3S/c1-4-6-13(8-10(14)12-3)17(15,16)9(5-2)7-11/h9H,4-6,8H2,1-3H3,(H,12,14). The molecule has 7 heteroatoms. The van der Waals surface area contributed by atoms with Crippen molar-refractivity contribution in [1.29, 1.82) is 5.26 Å². The van der Waals surface area contributed by atoms with E-state index in [9.17, 15) is 13.2 Å². The third-order valence-electron chi connectivity index (χ3n) is 2.31. The van der Waals surface area contributed by atoms with Crippen molar-refractivity contribution in [3.8, 4) is 6.07 Å². The van der Waals surface area contributed by atoms with E-state index in [0.29, 0.717) is 6.42 Å². The summed E-state index contributed by atoms with van der Waals surface area (Å²) < 4.78 is 25.2. The summed E-state index contributed by atoms with van der Waals surface area (Å²) in [6.07, 6.45) is 0.810. The Morgan fingerprint density at radius 1 is 1.47 bits per heavy atom. The van der Waals surface area contributed by atoms with Gasteiger partial charge in [-0.15, -0.1) is 0 Å². The predicted octanol–water partition coefficient (Wildman–Crippen LogP) is 0.0764. The minimum atomic E-state index is -3.72. The lowest BCUT2D eigenvalue weighted by Gasteiger charge is -2.22. The maximum Gasteiger partial charge on any atom is 0.235 e. The van der Waals surface area contributed by atoms with Gasteiger partial charge in [0, 0.05) is 13.6 Å². The molecule has 0 aromatic rings. The number of hydrogen-bond acceptors (Lipinski definition) is 4. The zero-order chi connectivity index (χ0) is 13.5. The van der Waals surface area contributed by atoms with Gasteiger partial charge in [-0.3, -0.25) is 4.79 Å². The molecule has 0 aromatic carbocycles. The van der Waals surface area contributed by atoms with Gasteiger partial charge in [0.05, 0.1) is 12.6 Å². The van der Waals surface area contributed by atoms with Gasteiger partial charge >= 0.3 is 0 Å². The number of carbonyl (C=O) groups excluding carboxylic acids is 1. The van der Waals surface area contributed by atoms with Gasteiger partial charge in [0.15, 0.2) is 5.25 Å². The minimum absolute atomic E-state index is 0.215. The van der Waals surface area contributed by atoms with E-state index in [1.807, 2.05) is 6.92 Å². The number of nitriles is 1. The van der Waals surface area contributed by atoms with E-state index >= 15 is 0 Å². The molecule has 1 atom stereocenters. The first-order chi connectivity index (χ1) is 7.93. The Labute approximate surface area is 103 Å². The molecule has 0 rings (SSSR count). The van der Waals surface area contributed by atoms with Crippen molar-refractivity contribution >= 4 is 15.9 Å². The summed E-state index contributed by atoms with van der Waals surface area (Å²) >= 11 is 0. The van der Waals surface area contributed by atoms with Crippen molar-refractivity contribution in [1.82, 2.24) is 9.62 Å². The van der Waals surface area contributed by atoms with Crippen LogP contribution in [0.5, 0.6) is 0 Å². The second-order valence-corrected chi connectivity index (χ2v) is 5.69. The van der Waals surface area contributed by atoms with Crippen LogP contribution in [0.4, 0.5) is 0 Å². The molecular formula is C10H19N3O3S. The predicted molar refractivity (Wildman–Crippen MR) is 64.5 cm³/mol. The fraction of sp³-hybridized carbons (Fsp3) is 0.800. The Morgan fingerprint density at radius 2 is 2.06 bits per heavy atom. The summed E-state index contributed by atoms with van der Waals surface area (Å²) in [6.45, 7) is 3.47. The second-order valence-electron chi connectivity index (χ2n) is 3.58. The molecule has 0 saturated carbocycles. The number of carbonyl (C=O) groups is 1. The highest BCUT2D eigenvalue weighted by Gasteiger charge is 2.31. The van der Waals surface area contributed by atoms with E-state index in [4.69, 9.17) is 5.26 Å². The largest absolute Gasteiger partial charge is 0.358 e. The number of nitrogens with one attached hydrogen (secondary N) is 1. The van der Waals surface area contributed by atoms with E-state index < -0.39 is 15.3 Å². The van der Waals surface area contributed by atoms with Gasteiger partial charge in [-0.25, -0.2) is 8.42 Å². The molecule has 1 amide bonds. The summed E-state index contributed by atoms with van der Waals surface area (Å²) in [6, 6.07) is 1.76. The third kappa shape index (κ3) is 4.32. The average Bonchev–Trinajstić information content (AvgIpc) is 2.29. The Bertz CT molecular complexity index is 386. The topological polar surface area (TPSA) is 90.3 Å². The molecule has 0 fully saturated rings. The molecule has 0 aliphatic carbocycles. The molecule has 1 N–H and O–H groups in total. The van der Waals surface area contributed by atoms with Crippen molar-refractivity contribution < 1.29 is 13.2 Å². The monoisotopic (exact) mass is 261 g/mol. The van der Waals surface area contributed by atoms with Crippen LogP contribution in [0.2, 0.25) is 0 Å². The summed E-state index contributed by atoms with van der Waals surface area (Å²) in [4.78, 5) is 11.2. The molecule has 1 unspecified atom stereocenters. The van der Waals surface area contributed by atoms with Crippen LogP contribution in [0.1, 0.15) is 26.7 Å². The van der Waals surface area contributed by atoms with Crippen LogP contribution in [0.3, 0.4) is 0 Å². The number of rotatable bonds is 7. The van der Waals surface area contributed by atoms with E-state index in [2.05, 4.69) is 5.32 Å². The lowest BCUT2D eigenvalue weighted by atomic mass is 10.4. The van der Waals surface area contributed by atoms with Crippen molar-refractivity contribution in [3.63, 3.8) is 0 Å². The van der Waals surface area contributed by atoms with E-state index in [-0.39, 0.29) is 25.4 Å². The minimum Gasteiger partial charge on any atom is -0.358 e. The van der Waals surface area contributed by atoms with Crippen LogP contribution >= 0.6 is 0 Å². The summed E-state index contributed by atoms with van der Waals surface area (Å²) in [7, 11) is -2.27. The number of nitrogens with zero attached hydrogens (tertiary/aromatic N) is 2. The van der Waals surface area contributed by atoms with Crippen LogP contribution in [0.15, 0.2) is 0 Å². The molecule has 0 spiro atoms. The van der Waals surface area contributed by atoms with Crippen LogP contribution in [0.25, 0.3) is 0 Å². The highest BCUT2D eigenvalue weighted by atomic mass is 32.2. The smallest absolute Gasteiger partial charge is 0.235 e.